The molecule has 0 bridgehead atoms. The molecule has 1 saturated carbocycles. The van der Waals surface area contributed by atoms with E-state index in [2.05, 4.69) is 66.4 Å². The van der Waals surface area contributed by atoms with E-state index in [1.54, 1.807) is 35.0 Å². The number of aryl methyl sites for hydroxylation is 1. The van der Waals surface area contributed by atoms with Crippen molar-refractivity contribution in [2.45, 2.75) is 72.5 Å². The number of amides is 2. The molecule has 2 fully saturated rings. The Kier molecular flexibility index (Phi) is 9.22. The molecule has 3 atom stereocenters. The van der Waals surface area contributed by atoms with Crippen LogP contribution in [0.25, 0.3) is 11.6 Å². The molecule has 234 valence electrons. The predicted octanol–water partition coefficient (Wildman–Crippen LogP) is 4.23. The van der Waals surface area contributed by atoms with E-state index in [9.17, 15) is 14.4 Å². The van der Waals surface area contributed by atoms with Crippen molar-refractivity contribution in [3.8, 4) is 0 Å². The number of fused-ring (bicyclic) bond motifs is 1. The molecule has 2 aliphatic rings. The van der Waals surface area contributed by atoms with E-state index < -0.39 is 6.04 Å². The molecule has 13 heteroatoms. The molecule has 0 radical (unpaired) electrons. The number of pyridine rings is 1. The molecule has 5 rings (SSSR count). The third kappa shape index (κ3) is 6.69. The lowest BCUT2D eigenvalue weighted by molar-refractivity contribution is -0.138. The minimum atomic E-state index is -0.643. The summed E-state index contributed by atoms with van der Waals surface area (Å²) < 4.78 is 2.17. The van der Waals surface area contributed by atoms with Crippen molar-refractivity contribution < 1.29 is 14.4 Å². The van der Waals surface area contributed by atoms with E-state index in [-0.39, 0.29) is 41.3 Å². The maximum atomic E-state index is 14.0. The van der Waals surface area contributed by atoms with Gasteiger partial charge in [-0.3, -0.25) is 19.1 Å². The van der Waals surface area contributed by atoms with Crippen LogP contribution in [0.15, 0.2) is 41.8 Å². The monoisotopic (exact) mass is 672 g/mol. The summed E-state index contributed by atoms with van der Waals surface area (Å²) in [5.41, 5.74) is 3.76. The minimum absolute atomic E-state index is 0.0293. The number of rotatable bonds is 11. The fraction of sp³-hybridized carbons (Fsp3) is 0.406. The Morgan fingerprint density at radius 2 is 1.93 bits per heavy atom. The van der Waals surface area contributed by atoms with Crippen LogP contribution in [0.4, 0.5) is 5.82 Å². The quantitative estimate of drug-likeness (QED) is 0.139. The molecule has 1 aliphatic carbocycles. The number of nitrogens with zero attached hydrogens (tertiary/aromatic N) is 7. The number of Topliss-reactive ketones (excluding diaryl/α,β-unsaturated/α-hetero) is 1. The third-order valence-corrected chi connectivity index (χ3v) is 9.34. The summed E-state index contributed by atoms with van der Waals surface area (Å²) in [7, 11) is 2.85. The Morgan fingerprint density at radius 3 is 2.58 bits per heavy atom. The number of ketones is 1. The zero-order chi connectivity index (χ0) is 32.6. The number of allylic oxidation sites excluding steroid dienone is 2. The lowest BCUT2D eigenvalue weighted by atomic mass is 9.96. The van der Waals surface area contributed by atoms with Crippen molar-refractivity contribution in [2.24, 2.45) is 5.41 Å². The van der Waals surface area contributed by atoms with Crippen LogP contribution in [0.2, 0.25) is 6.82 Å². The molecule has 1 N–H and O–H groups in total. The van der Waals surface area contributed by atoms with Crippen molar-refractivity contribution >= 4 is 58.4 Å². The number of hydrogen-bond donors (Lipinski definition) is 1. The highest BCUT2D eigenvalue weighted by Crippen LogP contribution is 2.59. The number of aromatic nitrogens is 5. The Hall–Kier alpha value is -3.97. The minimum Gasteiger partial charge on any atom is -0.344 e. The lowest BCUT2D eigenvalue weighted by Crippen LogP contribution is -2.47. The smallest absolute Gasteiger partial charge is 0.248 e. The van der Waals surface area contributed by atoms with E-state index in [1.165, 1.54) is 6.92 Å². The first kappa shape index (κ1) is 32.4. The zero-order valence-corrected chi connectivity index (χ0v) is 28.2. The van der Waals surface area contributed by atoms with Gasteiger partial charge in [-0.2, -0.15) is 5.10 Å². The molecule has 3 aromatic heterocycles. The third-order valence-electron chi connectivity index (χ3n) is 8.90. The number of nitrogens with one attached hydrogen (secondary N) is 1. The standard InChI is InChI=1S/C32H38BBrN8O3/c1-8-21(23-14-35-20(4)36-15-23)11-24-18(2)41(39-29(24)19(3)43)17-28(44)42-25(12-32(5)13-26(32)42)31(45)38-30-22(16-40(7)33-6)9-10-27(34)37-30/h8-11,14-15,25-26,33H,1,12-13,16-17H2,2-7H3,(H,37,38,45)/b21-11+/t25-,26+,32-/m0/s1. The van der Waals surface area contributed by atoms with Crippen LogP contribution < -0.4 is 5.32 Å². The van der Waals surface area contributed by atoms with Gasteiger partial charge in [-0.15, -0.1) is 0 Å². The fourth-order valence-corrected chi connectivity index (χ4v) is 6.29. The second-order valence-electron chi connectivity index (χ2n) is 12.2. The van der Waals surface area contributed by atoms with Gasteiger partial charge in [0.2, 0.25) is 19.2 Å². The van der Waals surface area contributed by atoms with Crippen LogP contribution >= 0.6 is 15.9 Å². The van der Waals surface area contributed by atoms with E-state index in [0.29, 0.717) is 40.5 Å². The van der Waals surface area contributed by atoms with Gasteiger partial charge < -0.3 is 15.0 Å². The van der Waals surface area contributed by atoms with E-state index in [1.807, 2.05) is 32.2 Å². The maximum absolute atomic E-state index is 14.0. The number of hydrogen-bond acceptors (Lipinski definition) is 8. The number of anilines is 1. The highest BCUT2D eigenvalue weighted by atomic mass is 79.9. The summed E-state index contributed by atoms with van der Waals surface area (Å²) >= 11 is 3.42. The lowest BCUT2D eigenvalue weighted by Gasteiger charge is -2.27. The van der Waals surface area contributed by atoms with Crippen molar-refractivity contribution in [1.82, 2.24) is 34.4 Å². The fourth-order valence-electron chi connectivity index (χ4n) is 5.98. The molecule has 0 unspecified atom stereocenters. The van der Waals surface area contributed by atoms with E-state index in [4.69, 9.17) is 0 Å². The van der Waals surface area contributed by atoms with E-state index >= 15 is 0 Å². The number of halogens is 1. The number of piperidine rings is 1. The summed E-state index contributed by atoms with van der Waals surface area (Å²) in [5, 5.41) is 7.58. The van der Waals surface area contributed by atoms with Gasteiger partial charge in [0, 0.05) is 54.3 Å². The van der Waals surface area contributed by atoms with Crippen molar-refractivity contribution in [3.63, 3.8) is 0 Å². The van der Waals surface area contributed by atoms with E-state index in [0.717, 1.165) is 30.5 Å². The molecule has 3 aromatic rings. The average molecular weight is 673 g/mol. The van der Waals surface area contributed by atoms with Gasteiger partial charge in [0.25, 0.3) is 0 Å². The molecular weight excluding hydrogens is 635 g/mol. The van der Waals surface area contributed by atoms with Crippen LogP contribution in [-0.2, 0) is 22.7 Å². The molecule has 11 nitrogen and oxygen atoms in total. The van der Waals surface area contributed by atoms with Crippen LogP contribution in [0.5, 0.6) is 0 Å². The number of carbonyl (C=O) groups excluding carboxylic acids is 3. The molecule has 0 aromatic carbocycles. The largest absolute Gasteiger partial charge is 0.344 e. The average Bonchev–Trinajstić information content (AvgIpc) is 3.42. The molecule has 2 amide bonds. The van der Waals surface area contributed by atoms with Crippen LogP contribution in [0, 0.1) is 19.3 Å². The molecule has 4 heterocycles. The summed E-state index contributed by atoms with van der Waals surface area (Å²) in [6, 6.07) is 3.12. The Balaban J connectivity index is 1.41. The van der Waals surface area contributed by atoms with Crippen molar-refractivity contribution in [3.05, 3.63) is 75.7 Å². The normalized spacial score (nSPS) is 20.6. The Labute approximate surface area is 272 Å². The first-order valence-corrected chi connectivity index (χ1v) is 15.8. The van der Waals surface area contributed by atoms with Gasteiger partial charge in [0.15, 0.2) is 5.78 Å². The summed E-state index contributed by atoms with van der Waals surface area (Å²) in [4.78, 5) is 57.3. The molecule has 0 spiro atoms. The summed E-state index contributed by atoms with van der Waals surface area (Å²) in [6.07, 6.45) is 8.31. The molecular formula is C32H38BBrN8O3. The van der Waals surface area contributed by atoms with Crippen molar-refractivity contribution in [2.75, 3.05) is 12.4 Å². The van der Waals surface area contributed by atoms with Gasteiger partial charge in [-0.05, 0) is 72.8 Å². The summed E-state index contributed by atoms with van der Waals surface area (Å²) in [6.45, 7) is 13.7. The second kappa shape index (κ2) is 12.8. The highest BCUT2D eigenvalue weighted by molar-refractivity contribution is 9.10. The number of likely N-dealkylation sites (tertiary alicyclic amines) is 1. The Bertz CT molecular complexity index is 1700. The van der Waals surface area contributed by atoms with Gasteiger partial charge in [-0.1, -0.05) is 32.5 Å². The SMILES string of the molecule is C=C/C(=C\c1c(C(C)=O)nn(CC(=O)N2[C@H](C(=O)Nc3nc(Br)ccc3CN(C)BC)C[C@@]3(C)C[C@@H]23)c1C)c1cnc(C)nc1. The van der Waals surface area contributed by atoms with Crippen LogP contribution in [0.3, 0.4) is 0 Å². The van der Waals surface area contributed by atoms with Gasteiger partial charge >= 0.3 is 0 Å². The van der Waals surface area contributed by atoms with Gasteiger partial charge in [0.05, 0.1) is 0 Å². The topological polar surface area (TPSA) is 126 Å². The highest BCUT2D eigenvalue weighted by Gasteiger charge is 2.64. The van der Waals surface area contributed by atoms with Crippen LogP contribution in [-0.4, -0.2) is 78.6 Å². The first-order valence-electron chi connectivity index (χ1n) is 15.0. The van der Waals surface area contributed by atoms with Crippen molar-refractivity contribution in [1.29, 1.82) is 0 Å². The molecule has 1 saturated heterocycles. The number of carbonyl (C=O) groups is 3. The first-order chi connectivity index (χ1) is 21.3. The summed E-state index contributed by atoms with van der Waals surface area (Å²) in [5.74, 6) is 0.423. The predicted molar refractivity (Wildman–Crippen MR) is 179 cm³/mol. The maximum Gasteiger partial charge on any atom is 0.248 e. The second-order valence-corrected chi connectivity index (χ2v) is 13.1. The molecule has 45 heavy (non-hydrogen) atoms. The van der Waals surface area contributed by atoms with Crippen LogP contribution in [0.1, 0.15) is 65.4 Å². The molecule has 1 aliphatic heterocycles. The van der Waals surface area contributed by atoms with Gasteiger partial charge in [0.1, 0.15) is 34.5 Å². The van der Waals surface area contributed by atoms with Gasteiger partial charge in [-0.25, -0.2) is 15.0 Å². The Morgan fingerprint density at radius 1 is 1.22 bits per heavy atom. The zero-order valence-electron chi connectivity index (χ0n) is 26.6.